The first-order chi connectivity index (χ1) is 18.9. The molecule has 0 aliphatic carbocycles. The SMILES string of the molecule is C1=CP(c2ccncc2)Oc2c1[n+]1c3ccc(-c4ccncc4)cc3c3ccccc3c1c1ccccc21. The first-order valence-corrected chi connectivity index (χ1v) is 13.9. The van der Waals surface area contributed by atoms with E-state index in [0.29, 0.717) is 0 Å². The van der Waals surface area contributed by atoms with Crippen LogP contribution < -0.4 is 14.2 Å². The van der Waals surface area contributed by atoms with Crippen LogP contribution >= 0.6 is 8.15 Å². The lowest BCUT2D eigenvalue weighted by atomic mass is 9.97. The average Bonchev–Trinajstić information content (AvgIpc) is 3.01. The minimum absolute atomic E-state index is 0.929. The van der Waals surface area contributed by atoms with Crippen molar-refractivity contribution in [1.29, 1.82) is 0 Å². The lowest BCUT2D eigenvalue weighted by Crippen LogP contribution is -2.29. The monoisotopic (exact) mass is 506 g/mol. The van der Waals surface area contributed by atoms with Crippen LogP contribution in [0.2, 0.25) is 0 Å². The van der Waals surface area contributed by atoms with E-state index in [1.54, 1.807) is 0 Å². The molecule has 0 saturated carbocycles. The number of pyridine rings is 4. The van der Waals surface area contributed by atoms with Crippen LogP contribution in [0.3, 0.4) is 0 Å². The van der Waals surface area contributed by atoms with E-state index in [-0.39, 0.29) is 0 Å². The first kappa shape index (κ1) is 21.4. The Labute approximate surface area is 220 Å². The largest absolute Gasteiger partial charge is 0.457 e. The van der Waals surface area contributed by atoms with Gasteiger partial charge < -0.3 is 4.52 Å². The molecular weight excluding hydrogens is 485 g/mol. The summed E-state index contributed by atoms with van der Waals surface area (Å²) in [5, 5.41) is 7.13. The minimum Gasteiger partial charge on any atom is -0.457 e. The van der Waals surface area contributed by atoms with E-state index in [9.17, 15) is 0 Å². The molecular formula is C33H21N3OP+. The maximum Gasteiger partial charge on any atom is 0.255 e. The highest BCUT2D eigenvalue weighted by atomic mass is 31.1. The summed E-state index contributed by atoms with van der Waals surface area (Å²) in [6.45, 7) is 0. The molecule has 1 atom stereocenters. The molecule has 0 saturated heterocycles. The Bertz CT molecular complexity index is 2060. The van der Waals surface area contributed by atoms with E-state index in [1.807, 2.05) is 36.9 Å². The number of benzene rings is 3. The zero-order valence-corrected chi connectivity index (χ0v) is 21.2. The fourth-order valence-electron chi connectivity index (χ4n) is 5.62. The van der Waals surface area contributed by atoms with Gasteiger partial charge in [-0.15, -0.1) is 4.40 Å². The molecule has 0 spiro atoms. The minimum atomic E-state index is -0.935. The Kier molecular flexibility index (Phi) is 4.76. The van der Waals surface area contributed by atoms with Crippen LogP contribution in [0.1, 0.15) is 5.69 Å². The van der Waals surface area contributed by atoms with Crippen LogP contribution in [0.5, 0.6) is 5.75 Å². The number of nitrogens with zero attached hydrogens (tertiary/aromatic N) is 3. The third kappa shape index (κ3) is 3.17. The van der Waals surface area contributed by atoms with Gasteiger partial charge in [0.15, 0.2) is 0 Å². The second kappa shape index (κ2) is 8.44. The Morgan fingerprint density at radius 2 is 1.26 bits per heavy atom. The van der Waals surface area contributed by atoms with Crippen molar-refractivity contribution >= 4 is 57.5 Å². The zero-order chi connectivity index (χ0) is 25.1. The Balaban J connectivity index is 1.52. The van der Waals surface area contributed by atoms with E-state index in [1.165, 1.54) is 32.6 Å². The lowest BCUT2D eigenvalue weighted by Gasteiger charge is -2.21. The summed E-state index contributed by atoms with van der Waals surface area (Å²) in [6.07, 6.45) is 9.60. The van der Waals surface area contributed by atoms with Crippen LogP contribution in [-0.2, 0) is 0 Å². The molecule has 0 bridgehead atoms. The number of hydrogen-bond donors (Lipinski definition) is 0. The molecule has 4 aromatic heterocycles. The van der Waals surface area contributed by atoms with Crippen LogP contribution in [-0.4, -0.2) is 9.97 Å². The summed E-state index contributed by atoms with van der Waals surface area (Å²) in [5.41, 5.74) is 5.75. The number of aromatic nitrogens is 3. The second-order valence-corrected chi connectivity index (χ2v) is 11.0. The summed E-state index contributed by atoms with van der Waals surface area (Å²) >= 11 is 0. The predicted molar refractivity (Wildman–Crippen MR) is 156 cm³/mol. The normalized spacial score (nSPS) is 14.7. The van der Waals surface area contributed by atoms with Gasteiger partial charge in [-0.3, -0.25) is 9.97 Å². The molecule has 1 aliphatic heterocycles. The molecule has 8 rings (SSSR count). The smallest absolute Gasteiger partial charge is 0.255 e. The highest BCUT2D eigenvalue weighted by Gasteiger charge is 2.31. The molecule has 5 heteroatoms. The molecule has 178 valence electrons. The fourth-order valence-corrected chi connectivity index (χ4v) is 7.05. The van der Waals surface area contributed by atoms with E-state index in [0.717, 1.165) is 33.2 Å². The molecule has 3 aromatic carbocycles. The van der Waals surface area contributed by atoms with Crippen molar-refractivity contribution in [2.75, 3.05) is 0 Å². The standard InChI is InChI=1S/C33H21N3OP/c1-2-6-26-25(5-1)29-21-23(22-11-16-34-17-12-22)9-10-30(29)36-31-15-20-38(24-13-18-35-19-14-24)37-33(31)28-8-4-3-7-27(28)32(26)36/h1-21H/q+1. The van der Waals surface area contributed by atoms with E-state index >= 15 is 0 Å². The molecule has 0 radical (unpaired) electrons. The van der Waals surface area contributed by atoms with Gasteiger partial charge in [-0.1, -0.05) is 36.4 Å². The van der Waals surface area contributed by atoms with Crippen molar-refractivity contribution in [2.24, 2.45) is 0 Å². The van der Waals surface area contributed by atoms with Crippen LogP contribution in [0.15, 0.2) is 122 Å². The van der Waals surface area contributed by atoms with Gasteiger partial charge >= 0.3 is 0 Å². The maximum absolute atomic E-state index is 6.82. The number of hydrogen-bond acceptors (Lipinski definition) is 3. The van der Waals surface area contributed by atoms with Gasteiger partial charge in [-0.05, 0) is 65.5 Å². The fraction of sp³-hybridized carbons (Fsp3) is 0. The maximum atomic E-state index is 6.82. The quantitative estimate of drug-likeness (QED) is 0.139. The summed E-state index contributed by atoms with van der Waals surface area (Å²) < 4.78 is 9.21. The molecule has 0 fully saturated rings. The van der Waals surface area contributed by atoms with Crippen molar-refractivity contribution in [3.63, 3.8) is 0 Å². The van der Waals surface area contributed by atoms with Gasteiger partial charge in [0.2, 0.25) is 16.8 Å². The highest BCUT2D eigenvalue weighted by Crippen LogP contribution is 2.48. The van der Waals surface area contributed by atoms with E-state index in [4.69, 9.17) is 4.52 Å². The van der Waals surface area contributed by atoms with Crippen molar-refractivity contribution in [1.82, 2.24) is 9.97 Å². The van der Waals surface area contributed by atoms with Gasteiger partial charge in [0.25, 0.3) is 5.69 Å². The Morgan fingerprint density at radius 1 is 0.605 bits per heavy atom. The zero-order valence-electron chi connectivity index (χ0n) is 20.3. The second-order valence-electron chi connectivity index (χ2n) is 9.40. The van der Waals surface area contributed by atoms with Crippen LogP contribution in [0.25, 0.3) is 55.2 Å². The van der Waals surface area contributed by atoms with Crippen molar-refractivity contribution in [3.8, 4) is 16.9 Å². The van der Waals surface area contributed by atoms with Gasteiger partial charge in [0.1, 0.15) is 8.15 Å². The Hall–Kier alpha value is -4.66. The third-order valence-corrected chi connectivity index (χ3v) is 8.93. The summed E-state index contributed by atoms with van der Waals surface area (Å²) in [4.78, 5) is 8.39. The summed E-state index contributed by atoms with van der Waals surface area (Å²) in [5.74, 6) is 3.14. The van der Waals surface area contributed by atoms with Crippen molar-refractivity contribution in [2.45, 2.75) is 0 Å². The van der Waals surface area contributed by atoms with E-state index < -0.39 is 8.15 Å². The number of rotatable bonds is 2. The molecule has 0 amide bonds. The average molecular weight is 507 g/mol. The molecule has 38 heavy (non-hydrogen) atoms. The van der Waals surface area contributed by atoms with Gasteiger partial charge in [0.05, 0.1) is 16.2 Å². The highest BCUT2D eigenvalue weighted by molar-refractivity contribution is 7.64. The van der Waals surface area contributed by atoms with E-state index in [2.05, 4.69) is 105 Å². The summed E-state index contributed by atoms with van der Waals surface area (Å²) in [6, 6.07) is 32.3. The van der Waals surface area contributed by atoms with Crippen molar-refractivity contribution in [3.05, 3.63) is 127 Å². The van der Waals surface area contributed by atoms with Crippen LogP contribution in [0, 0.1) is 0 Å². The molecule has 1 aliphatic rings. The summed E-state index contributed by atoms with van der Waals surface area (Å²) in [7, 11) is -0.935. The first-order valence-electron chi connectivity index (χ1n) is 12.6. The molecule has 0 N–H and O–H groups in total. The van der Waals surface area contributed by atoms with Gasteiger partial charge in [0, 0.05) is 53.0 Å². The topological polar surface area (TPSA) is 39.1 Å². The van der Waals surface area contributed by atoms with Gasteiger partial charge in [-0.2, -0.15) is 0 Å². The van der Waals surface area contributed by atoms with Crippen LogP contribution in [0.4, 0.5) is 0 Å². The molecule has 7 aromatic rings. The molecule has 4 nitrogen and oxygen atoms in total. The number of fused-ring (bicyclic) bond motifs is 11. The molecule has 1 unspecified atom stereocenters. The predicted octanol–water partition coefficient (Wildman–Crippen LogP) is 7.43. The molecule has 5 heterocycles. The van der Waals surface area contributed by atoms with Gasteiger partial charge in [-0.25, -0.2) is 0 Å². The Morgan fingerprint density at radius 3 is 2.03 bits per heavy atom. The van der Waals surface area contributed by atoms with Crippen molar-refractivity contribution < 1.29 is 8.92 Å². The lowest BCUT2D eigenvalue weighted by molar-refractivity contribution is -0.482. The third-order valence-electron chi connectivity index (χ3n) is 7.32.